The summed E-state index contributed by atoms with van der Waals surface area (Å²) >= 11 is 0. The molecule has 0 spiro atoms. The molecule has 0 saturated carbocycles. The highest BCUT2D eigenvalue weighted by Crippen LogP contribution is 2.37. The van der Waals surface area contributed by atoms with E-state index in [1.807, 2.05) is 81.4 Å². The van der Waals surface area contributed by atoms with Gasteiger partial charge in [0.05, 0.1) is 13.4 Å². The number of hydrogen-bond donors (Lipinski definition) is 1. The number of carbonyl (C=O) groups excluding carboxylic acids is 1. The normalized spacial score (nSPS) is 11.5. The van der Waals surface area contributed by atoms with E-state index >= 15 is 0 Å². The lowest BCUT2D eigenvalue weighted by atomic mass is 9.99. The van der Waals surface area contributed by atoms with Crippen molar-refractivity contribution >= 4 is 28.1 Å². The van der Waals surface area contributed by atoms with Crippen LogP contribution in [0.2, 0.25) is 0 Å². The monoisotopic (exact) mass is 411 g/mol. The Bertz CT molecular complexity index is 1280. The van der Waals surface area contributed by atoms with Crippen LogP contribution in [0.4, 0.5) is 5.69 Å². The molecule has 4 nitrogen and oxygen atoms in total. The lowest BCUT2D eigenvalue weighted by Gasteiger charge is -2.11. The number of methoxy groups -OCH3 is 1. The van der Waals surface area contributed by atoms with Crippen molar-refractivity contribution in [2.24, 2.45) is 0 Å². The van der Waals surface area contributed by atoms with Gasteiger partial charge in [0.1, 0.15) is 11.3 Å². The maximum atomic E-state index is 12.6. The molecule has 31 heavy (non-hydrogen) atoms. The Labute approximate surface area is 182 Å². The fourth-order valence-electron chi connectivity index (χ4n) is 3.65. The standard InChI is InChI=1S/C27H25NO3/c1-17-10-11-21(12-18(17)2)28-27(29)13-19(3)22-14-23-24(20-8-6-5-7-9-20)16-31-26(23)15-25(22)30-4/h5-16H,1-4H3,(H,28,29)/b19-13+. The molecule has 156 valence electrons. The van der Waals surface area contributed by atoms with E-state index in [1.165, 1.54) is 5.56 Å². The predicted molar refractivity (Wildman–Crippen MR) is 126 cm³/mol. The van der Waals surface area contributed by atoms with Crippen molar-refractivity contribution in [2.45, 2.75) is 20.8 Å². The first-order valence-corrected chi connectivity index (χ1v) is 10.2. The highest BCUT2D eigenvalue weighted by molar-refractivity contribution is 6.05. The van der Waals surface area contributed by atoms with Crippen molar-refractivity contribution in [2.75, 3.05) is 12.4 Å². The van der Waals surface area contributed by atoms with Gasteiger partial charge in [-0.2, -0.15) is 0 Å². The third kappa shape index (κ3) is 4.24. The zero-order valence-electron chi connectivity index (χ0n) is 18.2. The summed E-state index contributed by atoms with van der Waals surface area (Å²) in [7, 11) is 1.62. The highest BCUT2D eigenvalue weighted by Gasteiger charge is 2.15. The number of carbonyl (C=O) groups is 1. The lowest BCUT2D eigenvalue weighted by molar-refractivity contribution is -0.111. The number of anilines is 1. The lowest BCUT2D eigenvalue weighted by Crippen LogP contribution is -2.09. The smallest absolute Gasteiger partial charge is 0.248 e. The molecular weight excluding hydrogens is 386 g/mol. The Morgan fingerprint density at radius 3 is 2.48 bits per heavy atom. The second-order valence-electron chi connectivity index (χ2n) is 7.68. The van der Waals surface area contributed by atoms with Crippen LogP contribution in [-0.2, 0) is 4.79 Å². The zero-order valence-corrected chi connectivity index (χ0v) is 18.2. The van der Waals surface area contributed by atoms with Gasteiger partial charge in [-0.05, 0) is 61.2 Å². The molecule has 4 rings (SSSR count). The molecule has 1 amide bonds. The van der Waals surface area contributed by atoms with Crippen molar-refractivity contribution < 1.29 is 13.9 Å². The van der Waals surface area contributed by atoms with Crippen molar-refractivity contribution in [3.8, 4) is 16.9 Å². The minimum atomic E-state index is -0.182. The van der Waals surface area contributed by atoms with E-state index in [0.717, 1.165) is 44.5 Å². The van der Waals surface area contributed by atoms with Gasteiger partial charge in [-0.25, -0.2) is 0 Å². The van der Waals surface area contributed by atoms with Crippen LogP contribution in [-0.4, -0.2) is 13.0 Å². The summed E-state index contributed by atoms with van der Waals surface area (Å²) in [6.45, 7) is 5.99. The van der Waals surface area contributed by atoms with Gasteiger partial charge in [-0.3, -0.25) is 4.79 Å². The van der Waals surface area contributed by atoms with Crippen molar-refractivity contribution in [1.29, 1.82) is 0 Å². The van der Waals surface area contributed by atoms with Crippen molar-refractivity contribution in [3.63, 3.8) is 0 Å². The summed E-state index contributed by atoms with van der Waals surface area (Å²) in [5.41, 5.74) is 7.59. The van der Waals surface area contributed by atoms with Crippen LogP contribution in [0.3, 0.4) is 0 Å². The first-order chi connectivity index (χ1) is 15.0. The third-order valence-corrected chi connectivity index (χ3v) is 5.53. The second kappa shape index (κ2) is 8.52. The number of benzene rings is 3. The number of furan rings is 1. The molecule has 1 aromatic heterocycles. The number of allylic oxidation sites excluding steroid dienone is 1. The first-order valence-electron chi connectivity index (χ1n) is 10.2. The quantitative estimate of drug-likeness (QED) is 0.369. The van der Waals surface area contributed by atoms with Crippen LogP contribution < -0.4 is 10.1 Å². The summed E-state index contributed by atoms with van der Waals surface area (Å²) < 4.78 is 11.4. The van der Waals surface area contributed by atoms with Gasteiger partial charge in [0, 0.05) is 34.3 Å². The Morgan fingerprint density at radius 2 is 1.77 bits per heavy atom. The predicted octanol–water partition coefficient (Wildman–Crippen LogP) is 6.77. The largest absolute Gasteiger partial charge is 0.496 e. The number of rotatable bonds is 5. The molecule has 0 aliphatic carbocycles. The van der Waals surface area contributed by atoms with Gasteiger partial charge in [0.25, 0.3) is 0 Å². The molecular formula is C27H25NO3. The van der Waals surface area contributed by atoms with Crippen molar-refractivity contribution in [1.82, 2.24) is 0 Å². The van der Waals surface area contributed by atoms with Crippen LogP contribution in [0.5, 0.6) is 5.75 Å². The molecule has 0 unspecified atom stereocenters. The number of ether oxygens (including phenoxy) is 1. The van der Waals surface area contributed by atoms with Crippen LogP contribution in [0, 0.1) is 13.8 Å². The minimum Gasteiger partial charge on any atom is -0.496 e. The van der Waals surface area contributed by atoms with Gasteiger partial charge in [-0.1, -0.05) is 36.4 Å². The molecule has 0 bridgehead atoms. The van der Waals surface area contributed by atoms with E-state index in [1.54, 1.807) is 19.4 Å². The Balaban J connectivity index is 1.69. The summed E-state index contributed by atoms with van der Waals surface area (Å²) in [4.78, 5) is 12.6. The van der Waals surface area contributed by atoms with Crippen LogP contribution in [0.15, 0.2) is 77.4 Å². The first kappa shape index (κ1) is 20.5. The van der Waals surface area contributed by atoms with E-state index < -0.39 is 0 Å². The van der Waals surface area contributed by atoms with Gasteiger partial charge in [0.2, 0.25) is 5.91 Å². The van der Waals surface area contributed by atoms with E-state index in [2.05, 4.69) is 5.32 Å². The molecule has 4 heteroatoms. The molecule has 0 aliphatic heterocycles. The van der Waals surface area contributed by atoms with Crippen LogP contribution in [0.25, 0.3) is 27.7 Å². The zero-order chi connectivity index (χ0) is 22.0. The average Bonchev–Trinajstić information content (AvgIpc) is 3.18. The average molecular weight is 412 g/mol. The summed E-state index contributed by atoms with van der Waals surface area (Å²) in [6.07, 6.45) is 3.36. The Kier molecular flexibility index (Phi) is 5.63. The number of amides is 1. The molecule has 0 atom stereocenters. The Morgan fingerprint density at radius 1 is 1.00 bits per heavy atom. The number of nitrogens with one attached hydrogen (secondary N) is 1. The van der Waals surface area contributed by atoms with E-state index in [-0.39, 0.29) is 5.91 Å². The topological polar surface area (TPSA) is 51.5 Å². The second-order valence-corrected chi connectivity index (χ2v) is 7.68. The van der Waals surface area contributed by atoms with Crippen LogP contribution in [0.1, 0.15) is 23.6 Å². The van der Waals surface area contributed by atoms with E-state index in [4.69, 9.17) is 9.15 Å². The molecule has 0 radical (unpaired) electrons. The van der Waals surface area contributed by atoms with Crippen LogP contribution >= 0.6 is 0 Å². The maximum absolute atomic E-state index is 12.6. The SMILES string of the molecule is COc1cc2occ(-c3ccccc3)c2cc1/C(C)=C/C(=O)Nc1ccc(C)c(C)c1. The minimum absolute atomic E-state index is 0.182. The van der Waals surface area contributed by atoms with Crippen molar-refractivity contribution in [3.05, 3.63) is 89.7 Å². The molecule has 3 aromatic carbocycles. The van der Waals surface area contributed by atoms with Gasteiger partial charge in [0.15, 0.2) is 0 Å². The fraction of sp³-hybridized carbons (Fsp3) is 0.148. The third-order valence-electron chi connectivity index (χ3n) is 5.53. The molecule has 1 heterocycles. The highest BCUT2D eigenvalue weighted by atomic mass is 16.5. The molecule has 0 fully saturated rings. The Hall–Kier alpha value is -3.79. The molecule has 0 aliphatic rings. The summed E-state index contributed by atoms with van der Waals surface area (Å²) in [6, 6.07) is 19.9. The van der Waals surface area contributed by atoms with E-state index in [0.29, 0.717) is 5.75 Å². The fourth-order valence-corrected chi connectivity index (χ4v) is 3.65. The summed E-state index contributed by atoms with van der Waals surface area (Å²) in [5, 5.41) is 3.92. The molecule has 0 saturated heterocycles. The number of hydrogen-bond acceptors (Lipinski definition) is 3. The van der Waals surface area contributed by atoms with Gasteiger partial charge < -0.3 is 14.5 Å². The van der Waals surface area contributed by atoms with E-state index in [9.17, 15) is 4.79 Å². The molecule has 4 aromatic rings. The number of fused-ring (bicyclic) bond motifs is 1. The number of aryl methyl sites for hydroxylation is 2. The maximum Gasteiger partial charge on any atom is 0.248 e. The summed E-state index contributed by atoms with van der Waals surface area (Å²) in [5.74, 6) is 0.479. The van der Waals surface area contributed by atoms with Gasteiger partial charge in [-0.15, -0.1) is 0 Å². The van der Waals surface area contributed by atoms with Gasteiger partial charge >= 0.3 is 0 Å². The molecule has 1 N–H and O–H groups in total.